The second kappa shape index (κ2) is 9.63. The van der Waals surface area contributed by atoms with Crippen LogP contribution in [0.15, 0.2) is 29.3 Å². The molecule has 0 radical (unpaired) electrons. The molecule has 192 valence electrons. The van der Waals surface area contributed by atoms with Crippen LogP contribution in [0.5, 0.6) is 5.75 Å². The summed E-state index contributed by atoms with van der Waals surface area (Å²) in [6.07, 6.45) is 10.1. The Labute approximate surface area is 220 Å². The van der Waals surface area contributed by atoms with Gasteiger partial charge in [0.1, 0.15) is 17.0 Å². The van der Waals surface area contributed by atoms with E-state index in [4.69, 9.17) is 32.7 Å². The van der Waals surface area contributed by atoms with E-state index in [1.54, 1.807) is 6.20 Å². The topological polar surface area (TPSA) is 73.9 Å². The number of halogens is 2. The van der Waals surface area contributed by atoms with Gasteiger partial charge >= 0.3 is 0 Å². The first-order chi connectivity index (χ1) is 17.4. The Morgan fingerprint density at radius 1 is 1.19 bits per heavy atom. The minimum atomic E-state index is -0.292. The van der Waals surface area contributed by atoms with Gasteiger partial charge in [-0.3, -0.25) is 9.20 Å². The molecule has 3 aromatic heterocycles. The predicted molar refractivity (Wildman–Crippen MR) is 138 cm³/mol. The second-order valence-corrected chi connectivity index (χ2v) is 11.3. The molecule has 6 rings (SSSR count). The first-order valence-corrected chi connectivity index (χ1v) is 13.6. The summed E-state index contributed by atoms with van der Waals surface area (Å²) < 4.78 is 15.3. The Morgan fingerprint density at radius 3 is 2.81 bits per heavy atom. The van der Waals surface area contributed by atoms with E-state index < -0.39 is 0 Å². The number of imidazole rings is 1. The van der Waals surface area contributed by atoms with Crippen molar-refractivity contribution >= 4 is 28.7 Å². The number of likely N-dealkylation sites (tertiary alicyclic amines) is 1. The van der Waals surface area contributed by atoms with Gasteiger partial charge in [-0.2, -0.15) is 9.78 Å². The molecule has 2 saturated heterocycles. The second-order valence-electron chi connectivity index (χ2n) is 10.6. The van der Waals surface area contributed by atoms with Gasteiger partial charge in [-0.1, -0.05) is 23.2 Å². The van der Waals surface area contributed by atoms with Gasteiger partial charge in [0.15, 0.2) is 17.1 Å². The van der Waals surface area contributed by atoms with Crippen molar-refractivity contribution in [3.05, 3.63) is 56.4 Å². The lowest BCUT2D eigenvalue weighted by molar-refractivity contribution is -0.119. The van der Waals surface area contributed by atoms with Gasteiger partial charge in [-0.05, 0) is 76.1 Å². The maximum atomic E-state index is 12.7. The molecule has 1 unspecified atom stereocenters. The minimum Gasteiger partial charge on any atom is -0.487 e. The van der Waals surface area contributed by atoms with Crippen molar-refractivity contribution in [2.75, 3.05) is 26.2 Å². The van der Waals surface area contributed by atoms with Gasteiger partial charge in [-0.25, -0.2) is 4.98 Å². The van der Waals surface area contributed by atoms with Crippen molar-refractivity contribution in [2.45, 2.75) is 64.2 Å². The fraction of sp³-hybridized carbons (Fsp3) is 0.577. The molecular weight excluding hydrogens is 501 g/mol. The molecule has 1 saturated carbocycles. The van der Waals surface area contributed by atoms with E-state index >= 15 is 0 Å². The summed E-state index contributed by atoms with van der Waals surface area (Å²) in [5.41, 5.74) is 1.92. The van der Waals surface area contributed by atoms with Gasteiger partial charge in [0, 0.05) is 25.1 Å². The van der Waals surface area contributed by atoms with E-state index in [-0.39, 0.29) is 22.9 Å². The number of fused-ring (bicyclic) bond motifs is 1. The fourth-order valence-electron chi connectivity index (χ4n) is 6.02. The summed E-state index contributed by atoms with van der Waals surface area (Å²) in [6.45, 7) is 5.77. The summed E-state index contributed by atoms with van der Waals surface area (Å²) in [7, 11) is 0. The Balaban J connectivity index is 0.962. The molecule has 36 heavy (non-hydrogen) atoms. The van der Waals surface area contributed by atoms with Crippen LogP contribution in [-0.4, -0.2) is 56.4 Å². The Bertz CT molecular complexity index is 1320. The maximum Gasteiger partial charge on any atom is 0.288 e. The highest BCUT2D eigenvalue weighted by atomic mass is 35.5. The first-order valence-electron chi connectivity index (χ1n) is 12.8. The molecule has 5 heterocycles. The van der Waals surface area contributed by atoms with Crippen LogP contribution in [0, 0.1) is 12.3 Å². The molecule has 8 nitrogen and oxygen atoms in total. The summed E-state index contributed by atoms with van der Waals surface area (Å²) in [5.74, 6) is 1.58. The lowest BCUT2D eigenvalue weighted by Gasteiger charge is -2.58. The molecule has 0 amide bonds. The molecule has 3 fully saturated rings. The van der Waals surface area contributed by atoms with Crippen molar-refractivity contribution in [1.29, 1.82) is 0 Å². The zero-order valence-corrected chi connectivity index (χ0v) is 22.0. The van der Waals surface area contributed by atoms with Gasteiger partial charge in [0.25, 0.3) is 5.56 Å². The summed E-state index contributed by atoms with van der Waals surface area (Å²) in [4.78, 5) is 19.5. The van der Waals surface area contributed by atoms with E-state index in [0.717, 1.165) is 87.2 Å². The number of rotatable bonds is 7. The van der Waals surface area contributed by atoms with Gasteiger partial charge in [-0.15, -0.1) is 0 Å². The largest absolute Gasteiger partial charge is 0.487 e. The number of nitrogens with zero attached hydrogens (tertiary/aromatic N) is 5. The number of ether oxygens (including phenoxy) is 2. The Kier molecular flexibility index (Phi) is 6.48. The summed E-state index contributed by atoms with van der Waals surface area (Å²) >= 11 is 13.0. The van der Waals surface area contributed by atoms with Crippen LogP contribution in [0.2, 0.25) is 10.2 Å². The molecule has 3 aliphatic rings. The Hall–Kier alpha value is -2.13. The van der Waals surface area contributed by atoms with Crippen molar-refractivity contribution in [2.24, 2.45) is 5.41 Å². The third-order valence-corrected chi connectivity index (χ3v) is 8.63. The van der Waals surface area contributed by atoms with Gasteiger partial charge < -0.3 is 14.4 Å². The number of hydrogen-bond donors (Lipinski definition) is 0. The third kappa shape index (κ3) is 4.42. The highest BCUT2D eigenvalue weighted by Crippen LogP contribution is 2.50. The maximum absolute atomic E-state index is 12.7. The van der Waals surface area contributed by atoms with E-state index in [0.29, 0.717) is 17.2 Å². The van der Waals surface area contributed by atoms with Crippen molar-refractivity contribution < 1.29 is 9.47 Å². The molecule has 1 atom stereocenters. The molecule has 0 aromatic carbocycles. The van der Waals surface area contributed by atoms with Crippen LogP contribution >= 0.6 is 23.2 Å². The quantitative estimate of drug-likeness (QED) is 0.412. The van der Waals surface area contributed by atoms with E-state index in [1.165, 1.54) is 4.68 Å². The number of pyridine rings is 1. The van der Waals surface area contributed by atoms with Gasteiger partial charge in [0.05, 0.1) is 17.9 Å². The van der Waals surface area contributed by atoms with Crippen LogP contribution in [0.1, 0.15) is 56.1 Å². The van der Waals surface area contributed by atoms with E-state index in [9.17, 15) is 4.79 Å². The van der Waals surface area contributed by atoms with E-state index in [2.05, 4.69) is 15.0 Å². The summed E-state index contributed by atoms with van der Waals surface area (Å²) in [6, 6.07) is 3.94. The number of aromatic nitrogens is 4. The third-order valence-electron chi connectivity index (χ3n) is 7.87. The van der Waals surface area contributed by atoms with Crippen molar-refractivity contribution in [1.82, 2.24) is 24.1 Å². The SMILES string of the molecule is Cc1ncc2ccc(OC3CC4(C3)CN(CCCc3cnn(C5CCCCO5)c(=O)c3Cl)C4)c(Cl)n12. The molecule has 1 spiro atoms. The standard InChI is InChI=1S/C26H31Cl2N5O3/c1-17-29-14-19-7-8-21(24(28)32(17)19)36-20-11-26(12-20)15-31(16-26)9-4-5-18-13-30-33(25(34)23(18)27)22-6-2-3-10-35-22/h7-8,13-14,20,22H,2-6,9-12,15-16H2,1H3. The molecule has 0 N–H and O–H groups in total. The molecule has 10 heteroatoms. The Morgan fingerprint density at radius 2 is 2.03 bits per heavy atom. The zero-order chi connectivity index (χ0) is 24.9. The highest BCUT2D eigenvalue weighted by molar-refractivity contribution is 6.31. The lowest BCUT2D eigenvalue weighted by Crippen LogP contribution is -2.64. The highest BCUT2D eigenvalue weighted by Gasteiger charge is 2.53. The van der Waals surface area contributed by atoms with Crippen LogP contribution in [-0.2, 0) is 11.2 Å². The smallest absolute Gasteiger partial charge is 0.288 e. The van der Waals surface area contributed by atoms with Crippen molar-refractivity contribution in [3.8, 4) is 5.75 Å². The van der Waals surface area contributed by atoms with Gasteiger partial charge in [0.2, 0.25) is 0 Å². The lowest BCUT2D eigenvalue weighted by atomic mass is 9.61. The average molecular weight is 532 g/mol. The molecule has 1 aliphatic carbocycles. The van der Waals surface area contributed by atoms with Crippen molar-refractivity contribution in [3.63, 3.8) is 0 Å². The average Bonchev–Trinajstić information content (AvgIpc) is 3.22. The molecule has 2 aliphatic heterocycles. The zero-order valence-electron chi connectivity index (χ0n) is 20.5. The predicted octanol–water partition coefficient (Wildman–Crippen LogP) is 4.68. The minimum absolute atomic E-state index is 0.204. The number of aryl methyl sites for hydroxylation is 2. The first kappa shape index (κ1) is 24.2. The van der Waals surface area contributed by atoms with Crippen LogP contribution in [0.25, 0.3) is 5.52 Å². The van der Waals surface area contributed by atoms with Crippen LogP contribution < -0.4 is 10.3 Å². The van der Waals surface area contributed by atoms with Crippen LogP contribution in [0.4, 0.5) is 0 Å². The molecule has 3 aromatic rings. The number of hydrogen-bond acceptors (Lipinski definition) is 6. The monoisotopic (exact) mass is 531 g/mol. The fourth-order valence-corrected chi connectivity index (χ4v) is 6.58. The summed E-state index contributed by atoms with van der Waals surface area (Å²) in [5, 5.41) is 5.23. The normalized spacial score (nSPS) is 22.0. The molecule has 0 bridgehead atoms. The van der Waals surface area contributed by atoms with Crippen LogP contribution in [0.3, 0.4) is 0 Å². The van der Waals surface area contributed by atoms with E-state index in [1.807, 2.05) is 29.7 Å². The molecular formula is C26H31Cl2N5O3.